The van der Waals surface area contributed by atoms with Crippen molar-refractivity contribution in [3.05, 3.63) is 47.7 Å². The van der Waals surface area contributed by atoms with Crippen LogP contribution in [0.4, 0.5) is 0 Å². The number of fused-ring (bicyclic) bond motifs is 1. The third-order valence-electron chi connectivity index (χ3n) is 5.71. The minimum atomic E-state index is 0.0770. The minimum Gasteiger partial charge on any atom is -0.337 e. The van der Waals surface area contributed by atoms with Gasteiger partial charge in [0.1, 0.15) is 11.3 Å². The van der Waals surface area contributed by atoms with Gasteiger partial charge in [0.05, 0.1) is 11.4 Å². The van der Waals surface area contributed by atoms with E-state index in [4.69, 9.17) is 0 Å². The molecule has 1 aliphatic heterocycles. The smallest absolute Gasteiger partial charge is 0.272 e. The number of hydrogen-bond donors (Lipinski definition) is 0. The molecule has 0 bridgehead atoms. The number of hydrogen-bond acceptors (Lipinski definition) is 4. The van der Waals surface area contributed by atoms with Crippen molar-refractivity contribution in [3.8, 4) is 0 Å². The van der Waals surface area contributed by atoms with E-state index >= 15 is 0 Å². The highest BCUT2D eigenvalue weighted by atomic mass is 16.2. The molecule has 0 radical (unpaired) electrons. The molecule has 0 N–H and O–H groups in total. The molecule has 0 unspecified atom stereocenters. The summed E-state index contributed by atoms with van der Waals surface area (Å²) < 4.78 is 3.87. The van der Waals surface area contributed by atoms with Crippen molar-refractivity contribution in [1.29, 1.82) is 0 Å². The van der Waals surface area contributed by atoms with Crippen molar-refractivity contribution in [3.63, 3.8) is 0 Å². The van der Waals surface area contributed by atoms with Crippen LogP contribution in [0.2, 0.25) is 0 Å². The van der Waals surface area contributed by atoms with Crippen molar-refractivity contribution in [2.24, 2.45) is 5.92 Å². The van der Waals surface area contributed by atoms with Gasteiger partial charge in [-0.1, -0.05) is 11.3 Å². The molecule has 3 aromatic heterocycles. The molecule has 4 heterocycles. The van der Waals surface area contributed by atoms with E-state index in [0.29, 0.717) is 17.5 Å². The van der Waals surface area contributed by atoms with Crippen LogP contribution < -0.4 is 0 Å². The second kappa shape index (κ2) is 6.48. The summed E-state index contributed by atoms with van der Waals surface area (Å²) in [5.41, 5.74) is 3.42. The number of carbonyl (C=O) groups excluding carboxylic acids is 1. The number of nitrogens with zero attached hydrogens (tertiary/aromatic N) is 6. The maximum absolute atomic E-state index is 13.2. The maximum Gasteiger partial charge on any atom is 0.272 e. The summed E-state index contributed by atoms with van der Waals surface area (Å²) in [6, 6.07) is 5.82. The molecule has 0 aromatic carbocycles. The van der Waals surface area contributed by atoms with Gasteiger partial charge >= 0.3 is 0 Å². The Balaban J connectivity index is 1.32. The molecule has 1 saturated heterocycles. The predicted molar refractivity (Wildman–Crippen MR) is 101 cm³/mol. The lowest BCUT2D eigenvalue weighted by atomic mass is 9.97. The Hall–Kier alpha value is -2.70. The molecule has 140 valence electrons. The van der Waals surface area contributed by atoms with Gasteiger partial charge in [0.2, 0.25) is 0 Å². The van der Waals surface area contributed by atoms with Crippen LogP contribution in [0.5, 0.6) is 0 Å². The van der Waals surface area contributed by atoms with E-state index in [2.05, 4.69) is 21.5 Å². The van der Waals surface area contributed by atoms with Crippen LogP contribution >= 0.6 is 0 Å². The first-order valence-electron chi connectivity index (χ1n) is 9.82. The van der Waals surface area contributed by atoms with Crippen molar-refractivity contribution in [2.45, 2.75) is 45.1 Å². The van der Waals surface area contributed by atoms with Gasteiger partial charge in [-0.2, -0.15) is 0 Å². The van der Waals surface area contributed by atoms with E-state index in [-0.39, 0.29) is 5.91 Å². The summed E-state index contributed by atoms with van der Waals surface area (Å²) in [4.78, 5) is 19.7. The molecule has 27 heavy (non-hydrogen) atoms. The topological polar surface area (TPSA) is 68.3 Å². The summed E-state index contributed by atoms with van der Waals surface area (Å²) in [6.07, 6.45) is 8.63. The van der Waals surface area contributed by atoms with Gasteiger partial charge < -0.3 is 4.90 Å². The third-order valence-corrected chi connectivity index (χ3v) is 5.71. The Morgan fingerprint density at radius 3 is 3.00 bits per heavy atom. The van der Waals surface area contributed by atoms with Crippen molar-refractivity contribution in [2.75, 3.05) is 13.1 Å². The molecule has 5 rings (SSSR count). The molecule has 7 heteroatoms. The van der Waals surface area contributed by atoms with Gasteiger partial charge in [-0.15, -0.1) is 5.10 Å². The van der Waals surface area contributed by atoms with E-state index in [1.807, 2.05) is 45.3 Å². The zero-order valence-corrected chi connectivity index (χ0v) is 15.6. The second-order valence-corrected chi connectivity index (χ2v) is 7.87. The van der Waals surface area contributed by atoms with Gasteiger partial charge in [-0.25, -0.2) is 4.98 Å². The zero-order valence-electron chi connectivity index (χ0n) is 15.6. The molecule has 7 nitrogen and oxygen atoms in total. The number of carbonyl (C=O) groups is 1. The molecule has 0 spiro atoms. The van der Waals surface area contributed by atoms with Crippen LogP contribution in [0, 0.1) is 12.8 Å². The van der Waals surface area contributed by atoms with Crippen LogP contribution in [-0.2, 0) is 6.54 Å². The number of piperidine rings is 1. The number of pyridine rings is 1. The third kappa shape index (κ3) is 3.11. The lowest BCUT2D eigenvalue weighted by Gasteiger charge is -2.32. The summed E-state index contributed by atoms with van der Waals surface area (Å²) in [5.74, 6) is 1.12. The van der Waals surface area contributed by atoms with Crippen LogP contribution in [0.1, 0.15) is 53.5 Å². The van der Waals surface area contributed by atoms with E-state index in [9.17, 15) is 4.79 Å². The average Bonchev–Trinajstić information content (AvgIpc) is 3.33. The Labute approximate surface area is 158 Å². The largest absolute Gasteiger partial charge is 0.337 e. The standard InChI is InChI=1S/C20H24N6O/c1-14-19(26-10-3-2-6-18(26)21-14)20(27)24-9-4-5-15(11-24)12-25-13-17(22-23-25)16-7-8-16/h2-3,6,10,13,15-16H,4-5,7-9,11-12H2,1H3/t15-/m1/s1. The molecule has 2 aliphatic rings. The molecule has 1 saturated carbocycles. The Morgan fingerprint density at radius 1 is 1.26 bits per heavy atom. The van der Waals surface area contributed by atoms with Crippen molar-refractivity contribution < 1.29 is 4.79 Å². The minimum absolute atomic E-state index is 0.0770. The van der Waals surface area contributed by atoms with Gasteiger partial charge in [-0.3, -0.25) is 13.9 Å². The highest BCUT2D eigenvalue weighted by Gasteiger charge is 2.29. The number of likely N-dealkylation sites (tertiary alicyclic amines) is 1. The van der Waals surface area contributed by atoms with Gasteiger partial charge in [0, 0.05) is 37.9 Å². The van der Waals surface area contributed by atoms with Crippen LogP contribution in [-0.4, -0.2) is 48.3 Å². The fourth-order valence-corrected chi connectivity index (χ4v) is 4.15. The van der Waals surface area contributed by atoms with E-state index in [1.165, 1.54) is 12.8 Å². The van der Waals surface area contributed by atoms with E-state index in [1.54, 1.807) is 0 Å². The van der Waals surface area contributed by atoms with Gasteiger partial charge in [-0.05, 0) is 50.7 Å². The lowest BCUT2D eigenvalue weighted by Crippen LogP contribution is -2.41. The summed E-state index contributed by atoms with van der Waals surface area (Å²) in [6.45, 7) is 4.31. The van der Waals surface area contributed by atoms with Gasteiger partial charge in [0.15, 0.2) is 0 Å². The number of aromatic nitrogens is 5. The average molecular weight is 364 g/mol. The molecular formula is C20H24N6O. The van der Waals surface area contributed by atoms with Crippen molar-refractivity contribution in [1.82, 2.24) is 29.3 Å². The Bertz CT molecular complexity index is 985. The lowest BCUT2D eigenvalue weighted by molar-refractivity contribution is 0.0651. The Morgan fingerprint density at radius 2 is 2.15 bits per heavy atom. The fourth-order valence-electron chi connectivity index (χ4n) is 4.15. The maximum atomic E-state index is 13.2. The summed E-state index contributed by atoms with van der Waals surface area (Å²) in [7, 11) is 0. The SMILES string of the molecule is Cc1nc2ccccn2c1C(=O)N1CCC[C@@H](Cn2cc(C3CC3)nn2)C1. The first-order valence-corrected chi connectivity index (χ1v) is 9.82. The number of rotatable bonds is 4. The number of aryl methyl sites for hydroxylation is 1. The molecular weight excluding hydrogens is 340 g/mol. The van der Waals surface area contributed by atoms with Crippen LogP contribution in [0.25, 0.3) is 5.65 Å². The van der Waals surface area contributed by atoms with Crippen LogP contribution in [0.15, 0.2) is 30.6 Å². The summed E-state index contributed by atoms with van der Waals surface area (Å²) >= 11 is 0. The first kappa shape index (κ1) is 16.5. The second-order valence-electron chi connectivity index (χ2n) is 7.87. The first-order chi connectivity index (χ1) is 13.2. The normalized spacial score (nSPS) is 20.3. The van der Waals surface area contributed by atoms with E-state index < -0.39 is 0 Å². The summed E-state index contributed by atoms with van der Waals surface area (Å²) in [5, 5.41) is 8.60. The number of amides is 1. The molecule has 1 amide bonds. The van der Waals surface area contributed by atoms with Crippen molar-refractivity contribution >= 4 is 11.6 Å². The molecule has 3 aromatic rings. The fraction of sp³-hybridized carbons (Fsp3) is 0.500. The molecule has 1 aliphatic carbocycles. The highest BCUT2D eigenvalue weighted by Crippen LogP contribution is 2.38. The zero-order chi connectivity index (χ0) is 18.4. The Kier molecular flexibility index (Phi) is 3.95. The highest BCUT2D eigenvalue weighted by molar-refractivity contribution is 5.94. The quantitative estimate of drug-likeness (QED) is 0.714. The van der Waals surface area contributed by atoms with Gasteiger partial charge in [0.25, 0.3) is 5.91 Å². The predicted octanol–water partition coefficient (Wildman–Crippen LogP) is 2.66. The molecule has 1 atom stereocenters. The monoisotopic (exact) mass is 364 g/mol. The van der Waals surface area contributed by atoms with E-state index in [0.717, 1.165) is 49.5 Å². The van der Waals surface area contributed by atoms with Crippen LogP contribution in [0.3, 0.4) is 0 Å². The number of imidazole rings is 1. The molecule has 2 fully saturated rings.